The van der Waals surface area contributed by atoms with Gasteiger partial charge >= 0.3 is 0 Å². The van der Waals surface area contributed by atoms with E-state index in [0.29, 0.717) is 21.6 Å². The van der Waals surface area contributed by atoms with Crippen LogP contribution in [0.4, 0.5) is 34.1 Å². The van der Waals surface area contributed by atoms with Crippen LogP contribution in [0.3, 0.4) is 0 Å². The fourth-order valence-electron chi connectivity index (χ4n) is 5.01. The van der Waals surface area contributed by atoms with Gasteiger partial charge in [-0.1, -0.05) is 53.6 Å². The molecule has 1 aliphatic carbocycles. The lowest BCUT2D eigenvalue weighted by atomic mass is 9.80. The van der Waals surface area contributed by atoms with Crippen molar-refractivity contribution in [1.82, 2.24) is 0 Å². The monoisotopic (exact) mass is 618 g/mol. The highest BCUT2D eigenvalue weighted by Gasteiger charge is 2.39. The van der Waals surface area contributed by atoms with E-state index in [-0.39, 0.29) is 39.4 Å². The summed E-state index contributed by atoms with van der Waals surface area (Å²) in [5.41, 5.74) is 18.3. The molecular formula is C34H27BrN4O3. The number of hydrogen-bond donors (Lipinski definition) is 4. The molecule has 208 valence electrons. The predicted octanol–water partition coefficient (Wildman–Crippen LogP) is 8.29. The molecule has 6 N–H and O–H groups in total. The summed E-state index contributed by atoms with van der Waals surface area (Å²) >= 11 is 3.49. The smallest absolute Gasteiger partial charge is 0.198 e. The SMILES string of the molecule is Cc1ccc(Nc2cc(Br)c(N)c3c2C(=O)c2c(N)c(Oc4ccccc4)cc(Nc4ccc(C)cc4)c2C3=O)cc1. The number of halogens is 1. The number of nitrogen functional groups attached to an aromatic ring is 2. The molecule has 7 nitrogen and oxygen atoms in total. The zero-order valence-electron chi connectivity index (χ0n) is 22.9. The number of para-hydroxylation sites is 1. The van der Waals surface area contributed by atoms with Gasteiger partial charge in [-0.2, -0.15) is 0 Å². The van der Waals surface area contributed by atoms with Gasteiger partial charge in [0.15, 0.2) is 17.3 Å². The molecule has 1 aliphatic rings. The lowest BCUT2D eigenvalue weighted by molar-refractivity contribution is 0.0981. The second-order valence-electron chi connectivity index (χ2n) is 10.2. The lowest BCUT2D eigenvalue weighted by Crippen LogP contribution is -2.26. The number of carbonyl (C=O) groups is 2. The summed E-state index contributed by atoms with van der Waals surface area (Å²) in [6.07, 6.45) is 0. The van der Waals surface area contributed by atoms with Gasteiger partial charge in [0.25, 0.3) is 0 Å². The first-order valence-electron chi connectivity index (χ1n) is 13.3. The molecule has 0 aromatic heterocycles. The number of carbonyl (C=O) groups excluding carboxylic acids is 2. The molecule has 0 fully saturated rings. The Morgan fingerprint density at radius 2 is 1.10 bits per heavy atom. The first kappa shape index (κ1) is 27.1. The van der Waals surface area contributed by atoms with E-state index in [9.17, 15) is 9.59 Å². The fourth-order valence-corrected chi connectivity index (χ4v) is 5.44. The topological polar surface area (TPSA) is 119 Å². The van der Waals surface area contributed by atoms with Crippen molar-refractivity contribution in [3.8, 4) is 11.5 Å². The highest BCUT2D eigenvalue weighted by molar-refractivity contribution is 9.10. The molecule has 8 heteroatoms. The number of nitrogens with two attached hydrogens (primary N) is 2. The Balaban J connectivity index is 1.56. The minimum absolute atomic E-state index is 0.0595. The molecular weight excluding hydrogens is 592 g/mol. The van der Waals surface area contributed by atoms with Gasteiger partial charge in [-0.15, -0.1) is 0 Å². The van der Waals surface area contributed by atoms with Crippen molar-refractivity contribution < 1.29 is 14.3 Å². The number of ether oxygens (including phenoxy) is 1. The Bertz CT molecular complexity index is 1870. The summed E-state index contributed by atoms with van der Waals surface area (Å²) in [5.74, 6) is -0.0677. The Labute approximate surface area is 251 Å². The quantitative estimate of drug-likeness (QED) is 0.139. The second-order valence-corrected chi connectivity index (χ2v) is 11.1. The summed E-state index contributed by atoms with van der Waals surface area (Å²) in [7, 11) is 0. The van der Waals surface area contributed by atoms with E-state index in [1.165, 1.54) is 0 Å². The van der Waals surface area contributed by atoms with Crippen LogP contribution < -0.4 is 26.8 Å². The maximum absolute atomic E-state index is 14.4. The van der Waals surface area contributed by atoms with Crippen LogP contribution in [0.2, 0.25) is 0 Å². The first-order chi connectivity index (χ1) is 20.2. The maximum atomic E-state index is 14.4. The molecule has 5 aromatic rings. The molecule has 0 unspecified atom stereocenters. The largest absolute Gasteiger partial charge is 0.455 e. The van der Waals surface area contributed by atoms with Crippen molar-refractivity contribution >= 4 is 61.6 Å². The number of benzene rings is 5. The fraction of sp³-hybridized carbons (Fsp3) is 0.0588. The zero-order valence-corrected chi connectivity index (χ0v) is 24.5. The van der Waals surface area contributed by atoms with Crippen molar-refractivity contribution in [1.29, 1.82) is 0 Å². The van der Waals surface area contributed by atoms with Crippen LogP contribution in [0.15, 0.2) is 95.5 Å². The van der Waals surface area contributed by atoms with Gasteiger partial charge in [-0.25, -0.2) is 0 Å². The van der Waals surface area contributed by atoms with Gasteiger partial charge in [-0.05, 0) is 72.2 Å². The summed E-state index contributed by atoms with van der Waals surface area (Å²) < 4.78 is 6.64. The van der Waals surface area contributed by atoms with Crippen molar-refractivity contribution in [3.05, 3.63) is 129 Å². The molecule has 42 heavy (non-hydrogen) atoms. The van der Waals surface area contributed by atoms with Gasteiger partial charge in [0.1, 0.15) is 5.75 Å². The van der Waals surface area contributed by atoms with Crippen molar-refractivity contribution in [2.24, 2.45) is 0 Å². The van der Waals surface area contributed by atoms with Crippen molar-refractivity contribution in [2.45, 2.75) is 13.8 Å². The van der Waals surface area contributed by atoms with E-state index in [1.807, 2.05) is 80.6 Å². The minimum atomic E-state index is -0.434. The summed E-state index contributed by atoms with van der Waals surface area (Å²) in [6, 6.07) is 27.9. The third-order valence-corrected chi connectivity index (χ3v) is 7.84. The van der Waals surface area contributed by atoms with E-state index in [0.717, 1.165) is 22.5 Å². The Kier molecular flexibility index (Phi) is 6.92. The molecule has 5 aromatic carbocycles. The number of anilines is 6. The predicted molar refractivity (Wildman–Crippen MR) is 172 cm³/mol. The molecule has 0 amide bonds. The molecule has 0 atom stereocenters. The Morgan fingerprint density at radius 3 is 1.62 bits per heavy atom. The molecule has 0 bridgehead atoms. The number of hydrogen-bond acceptors (Lipinski definition) is 7. The van der Waals surface area contributed by atoms with E-state index in [1.54, 1.807) is 24.3 Å². The molecule has 0 aliphatic heterocycles. The standard InChI is InChI=1S/C34H27BrN4O3/c1-18-8-12-20(13-9-18)38-24-16-23(35)31(36)29-27(24)34(41)30-28(33(29)40)25(39-21-14-10-19(2)11-15-21)17-26(32(30)37)42-22-6-4-3-5-7-22/h3-17,38-39H,36-37H2,1-2H3. The molecule has 0 heterocycles. The number of nitrogens with one attached hydrogen (secondary N) is 2. The first-order valence-corrected chi connectivity index (χ1v) is 14.1. The summed E-state index contributed by atoms with van der Waals surface area (Å²) in [5, 5.41) is 6.61. The second kappa shape index (κ2) is 10.7. The lowest BCUT2D eigenvalue weighted by Gasteiger charge is -2.27. The van der Waals surface area contributed by atoms with Gasteiger partial charge in [0.2, 0.25) is 0 Å². The zero-order chi connectivity index (χ0) is 29.5. The van der Waals surface area contributed by atoms with Crippen LogP contribution in [-0.2, 0) is 0 Å². The number of fused-ring (bicyclic) bond motifs is 2. The number of aryl methyl sites for hydroxylation is 2. The van der Waals surface area contributed by atoms with Gasteiger partial charge in [0, 0.05) is 21.9 Å². The van der Waals surface area contributed by atoms with Gasteiger partial charge in [0.05, 0.1) is 45.0 Å². The van der Waals surface area contributed by atoms with Gasteiger partial charge in [-0.3, -0.25) is 9.59 Å². The third kappa shape index (κ3) is 4.86. The summed E-state index contributed by atoms with van der Waals surface area (Å²) in [6.45, 7) is 3.98. The number of ketones is 2. The summed E-state index contributed by atoms with van der Waals surface area (Å²) in [4.78, 5) is 28.8. The average Bonchev–Trinajstić information content (AvgIpc) is 2.98. The van der Waals surface area contributed by atoms with Crippen LogP contribution in [0, 0.1) is 13.8 Å². The van der Waals surface area contributed by atoms with E-state index >= 15 is 0 Å². The van der Waals surface area contributed by atoms with Crippen molar-refractivity contribution in [2.75, 3.05) is 22.1 Å². The van der Waals surface area contributed by atoms with E-state index in [4.69, 9.17) is 16.2 Å². The number of rotatable bonds is 6. The molecule has 0 saturated heterocycles. The third-order valence-electron chi connectivity index (χ3n) is 7.19. The van der Waals surface area contributed by atoms with Crippen LogP contribution >= 0.6 is 15.9 Å². The molecule has 0 radical (unpaired) electrons. The normalized spacial score (nSPS) is 12.0. The van der Waals surface area contributed by atoms with E-state index in [2.05, 4.69) is 26.6 Å². The highest BCUT2D eigenvalue weighted by Crippen LogP contribution is 2.47. The van der Waals surface area contributed by atoms with Crippen LogP contribution in [0.1, 0.15) is 43.0 Å². The van der Waals surface area contributed by atoms with Crippen molar-refractivity contribution in [3.63, 3.8) is 0 Å². The Morgan fingerprint density at radius 1 is 0.619 bits per heavy atom. The van der Waals surface area contributed by atoms with Crippen LogP contribution in [0.5, 0.6) is 11.5 Å². The van der Waals surface area contributed by atoms with Crippen LogP contribution in [-0.4, -0.2) is 11.6 Å². The average molecular weight is 620 g/mol. The maximum Gasteiger partial charge on any atom is 0.198 e. The molecule has 6 rings (SSSR count). The molecule has 0 saturated carbocycles. The van der Waals surface area contributed by atoms with Crippen LogP contribution in [0.25, 0.3) is 0 Å². The highest BCUT2D eigenvalue weighted by atomic mass is 79.9. The van der Waals surface area contributed by atoms with Gasteiger partial charge < -0.3 is 26.8 Å². The molecule has 0 spiro atoms. The Hall–Kier alpha value is -5.08. The minimum Gasteiger partial charge on any atom is -0.455 e. The van der Waals surface area contributed by atoms with E-state index < -0.39 is 11.6 Å².